The van der Waals surface area contributed by atoms with Crippen LogP contribution in [0.5, 0.6) is 0 Å². The molecule has 0 radical (unpaired) electrons. The van der Waals surface area contributed by atoms with E-state index in [-0.39, 0.29) is 32.0 Å². The van der Waals surface area contributed by atoms with Crippen molar-refractivity contribution in [3.63, 3.8) is 0 Å². The highest BCUT2D eigenvalue weighted by Gasteiger charge is 2.44. The average molecular weight is 755 g/mol. The van der Waals surface area contributed by atoms with E-state index in [1.807, 2.05) is 0 Å². The first-order valence-corrected chi connectivity index (χ1v) is 21.4. The molecule has 0 aromatic rings. The summed E-state index contributed by atoms with van der Waals surface area (Å²) in [6.07, 6.45) is 29.0. The van der Waals surface area contributed by atoms with Crippen LogP contribution in [0.1, 0.15) is 181 Å². The Morgan fingerprint density at radius 2 is 1.00 bits per heavy atom. The van der Waals surface area contributed by atoms with Gasteiger partial charge < -0.3 is 39.4 Å². The van der Waals surface area contributed by atoms with Crippen molar-refractivity contribution in [3.8, 4) is 0 Å². The zero-order valence-corrected chi connectivity index (χ0v) is 33.5. The third kappa shape index (κ3) is 26.6. The highest BCUT2D eigenvalue weighted by atomic mass is 16.7. The van der Waals surface area contributed by atoms with Gasteiger partial charge in [-0.1, -0.05) is 128 Å². The predicted octanol–water partition coefficient (Wildman–Crippen LogP) is 8.55. The van der Waals surface area contributed by atoms with Crippen LogP contribution in [0.2, 0.25) is 0 Å². The van der Waals surface area contributed by atoms with Gasteiger partial charge in [0.05, 0.1) is 13.2 Å². The van der Waals surface area contributed by atoms with Crippen LogP contribution in [0, 0.1) is 0 Å². The molecule has 0 aliphatic carbocycles. The lowest BCUT2D eigenvalue weighted by Crippen LogP contribution is -2.59. The number of hydrogen-bond acceptors (Lipinski definition) is 10. The number of unbranched alkanes of at least 4 members (excludes halogenated alkanes) is 20. The minimum Gasteiger partial charge on any atom is -0.462 e. The summed E-state index contributed by atoms with van der Waals surface area (Å²) in [5.41, 5.74) is 0. The highest BCUT2D eigenvalue weighted by molar-refractivity contribution is 5.70. The number of aliphatic hydroxyl groups excluding tert-OH is 4. The van der Waals surface area contributed by atoms with Crippen molar-refractivity contribution < 1.29 is 49.0 Å². The maximum atomic E-state index is 12.7. The van der Waals surface area contributed by atoms with Crippen molar-refractivity contribution in [2.45, 2.75) is 218 Å². The zero-order chi connectivity index (χ0) is 38.8. The quantitative estimate of drug-likeness (QED) is 0.0281. The first-order chi connectivity index (χ1) is 25.8. The summed E-state index contributed by atoms with van der Waals surface area (Å²) in [6, 6.07) is 0. The van der Waals surface area contributed by atoms with Gasteiger partial charge in [0, 0.05) is 12.8 Å². The number of esters is 2. The largest absolute Gasteiger partial charge is 0.462 e. The van der Waals surface area contributed by atoms with Gasteiger partial charge in [-0.3, -0.25) is 9.59 Å². The molecule has 1 fully saturated rings. The topological polar surface area (TPSA) is 152 Å². The fourth-order valence-corrected chi connectivity index (χ4v) is 6.35. The van der Waals surface area contributed by atoms with E-state index in [0.29, 0.717) is 6.42 Å². The summed E-state index contributed by atoms with van der Waals surface area (Å²) in [5.74, 6) is -0.828. The molecule has 1 heterocycles. The first-order valence-electron chi connectivity index (χ1n) is 21.4. The number of carbonyl (C=O) groups excluding carboxylic acids is 2. The summed E-state index contributed by atoms with van der Waals surface area (Å²) in [5, 5.41) is 40.0. The van der Waals surface area contributed by atoms with Gasteiger partial charge in [-0.05, 0) is 64.2 Å². The van der Waals surface area contributed by atoms with Crippen molar-refractivity contribution in [2.24, 2.45) is 0 Å². The van der Waals surface area contributed by atoms with Crippen LogP contribution in [0.25, 0.3) is 0 Å². The van der Waals surface area contributed by atoms with E-state index in [1.165, 1.54) is 89.9 Å². The minimum absolute atomic E-state index is 0.210. The summed E-state index contributed by atoms with van der Waals surface area (Å²) in [6.45, 7) is 3.38. The predicted molar refractivity (Wildman–Crippen MR) is 210 cm³/mol. The molecule has 10 heteroatoms. The van der Waals surface area contributed by atoms with Crippen LogP contribution < -0.4 is 0 Å². The van der Waals surface area contributed by atoms with Gasteiger partial charge in [-0.25, -0.2) is 0 Å². The van der Waals surface area contributed by atoms with Crippen LogP contribution in [0.15, 0.2) is 24.3 Å². The van der Waals surface area contributed by atoms with E-state index < -0.39 is 49.4 Å². The zero-order valence-electron chi connectivity index (χ0n) is 33.5. The molecule has 4 N–H and O–H groups in total. The summed E-state index contributed by atoms with van der Waals surface area (Å²) >= 11 is 0. The van der Waals surface area contributed by atoms with Gasteiger partial charge in [0.1, 0.15) is 31.0 Å². The number of hydrogen-bond donors (Lipinski definition) is 4. The Morgan fingerprint density at radius 1 is 0.566 bits per heavy atom. The fourth-order valence-electron chi connectivity index (χ4n) is 6.35. The molecule has 0 saturated carbocycles. The Hall–Kier alpha value is -1.82. The van der Waals surface area contributed by atoms with E-state index in [4.69, 9.17) is 18.9 Å². The number of carbonyl (C=O) groups is 2. The molecule has 1 saturated heterocycles. The number of aliphatic hydroxyl groups is 4. The molecule has 53 heavy (non-hydrogen) atoms. The van der Waals surface area contributed by atoms with Gasteiger partial charge in [0.25, 0.3) is 0 Å². The molecule has 6 atom stereocenters. The monoisotopic (exact) mass is 755 g/mol. The normalized spacial score (nSPS) is 21.1. The van der Waals surface area contributed by atoms with E-state index in [2.05, 4.69) is 38.2 Å². The van der Waals surface area contributed by atoms with Gasteiger partial charge in [-0.2, -0.15) is 0 Å². The smallest absolute Gasteiger partial charge is 0.306 e. The third-order valence-corrected chi connectivity index (χ3v) is 9.81. The van der Waals surface area contributed by atoms with E-state index in [0.717, 1.165) is 57.8 Å². The van der Waals surface area contributed by atoms with Gasteiger partial charge in [0.15, 0.2) is 12.4 Å². The van der Waals surface area contributed by atoms with Crippen molar-refractivity contribution >= 4 is 11.9 Å². The Kier molecular flexibility index (Phi) is 32.2. The SMILES string of the molecule is CCCCCC/C=C/CCCCCCCCCC(=O)OC[C@@H](CO[C@H]1O[C@@H](CO)[C@@H](O)C(O)C1O)OC(=O)CCCCC/C=C/CCCCCCCC. The Morgan fingerprint density at radius 3 is 1.51 bits per heavy atom. The van der Waals surface area contributed by atoms with Crippen LogP contribution >= 0.6 is 0 Å². The van der Waals surface area contributed by atoms with Crippen LogP contribution in [-0.2, 0) is 28.5 Å². The standard InChI is InChI=1S/C43H78O10/c1-3-5-7-9-11-13-15-17-18-20-21-23-25-27-29-31-38(45)50-34-36(35-51-43-42(49)41(48)40(47)37(33-44)53-43)52-39(46)32-30-28-26-24-22-19-16-14-12-10-8-6-4-2/h13,15,19,22,36-37,40-44,47-49H,3-12,14,16-18,20-21,23-35H2,1-2H3/b15-13+,22-19+/t36-,37-,40+,41?,42?,43-/m0/s1. The van der Waals surface area contributed by atoms with Gasteiger partial charge in [-0.15, -0.1) is 0 Å². The maximum Gasteiger partial charge on any atom is 0.306 e. The third-order valence-electron chi connectivity index (χ3n) is 9.81. The molecule has 0 spiro atoms. The van der Waals surface area contributed by atoms with Crippen LogP contribution in [0.3, 0.4) is 0 Å². The lowest BCUT2D eigenvalue weighted by molar-refractivity contribution is -0.305. The molecule has 2 unspecified atom stereocenters. The number of rotatable bonds is 35. The fraction of sp³-hybridized carbons (Fsp3) is 0.860. The lowest BCUT2D eigenvalue weighted by atomic mass is 9.99. The molecule has 0 aromatic heterocycles. The second-order valence-corrected chi connectivity index (χ2v) is 14.8. The van der Waals surface area contributed by atoms with Crippen LogP contribution in [-0.4, -0.2) is 89.0 Å². The Balaban J connectivity index is 2.36. The molecule has 310 valence electrons. The van der Waals surface area contributed by atoms with Crippen LogP contribution in [0.4, 0.5) is 0 Å². The summed E-state index contributed by atoms with van der Waals surface area (Å²) < 4.78 is 22.1. The summed E-state index contributed by atoms with van der Waals surface area (Å²) in [7, 11) is 0. The first kappa shape index (κ1) is 49.2. The molecule has 1 aliphatic rings. The van der Waals surface area contributed by atoms with Crippen molar-refractivity contribution in [1.29, 1.82) is 0 Å². The van der Waals surface area contributed by atoms with Crippen molar-refractivity contribution in [2.75, 3.05) is 19.8 Å². The Bertz CT molecular complexity index is 923. The Labute approximate surface area is 322 Å². The molecular formula is C43H78O10. The molecule has 1 aliphatic heterocycles. The van der Waals surface area contributed by atoms with E-state index in [1.54, 1.807) is 0 Å². The second kappa shape index (κ2) is 34.7. The van der Waals surface area contributed by atoms with E-state index in [9.17, 15) is 30.0 Å². The summed E-state index contributed by atoms with van der Waals surface area (Å²) in [4.78, 5) is 25.2. The highest BCUT2D eigenvalue weighted by Crippen LogP contribution is 2.22. The number of ether oxygens (including phenoxy) is 4. The molecule has 1 rings (SSSR count). The molecule has 0 aromatic carbocycles. The molecular weight excluding hydrogens is 676 g/mol. The molecule has 10 nitrogen and oxygen atoms in total. The number of allylic oxidation sites excluding steroid dienone is 4. The maximum absolute atomic E-state index is 12.7. The van der Waals surface area contributed by atoms with E-state index >= 15 is 0 Å². The average Bonchev–Trinajstić information content (AvgIpc) is 3.15. The van der Waals surface area contributed by atoms with Crippen molar-refractivity contribution in [3.05, 3.63) is 24.3 Å². The lowest BCUT2D eigenvalue weighted by Gasteiger charge is -2.39. The molecule has 0 amide bonds. The molecule has 0 bridgehead atoms. The van der Waals surface area contributed by atoms with Crippen molar-refractivity contribution in [1.82, 2.24) is 0 Å². The van der Waals surface area contributed by atoms with Gasteiger partial charge >= 0.3 is 11.9 Å². The second-order valence-electron chi connectivity index (χ2n) is 14.8. The van der Waals surface area contributed by atoms with Gasteiger partial charge in [0.2, 0.25) is 0 Å². The minimum atomic E-state index is -1.60.